The maximum Gasteiger partial charge on any atom is 0.410 e. The van der Waals surface area contributed by atoms with E-state index in [4.69, 9.17) is 4.74 Å². The number of benzene rings is 1. The molecule has 0 aliphatic carbocycles. The van der Waals surface area contributed by atoms with Crippen LogP contribution in [0.1, 0.15) is 53.2 Å². The van der Waals surface area contributed by atoms with Crippen LogP contribution in [0.3, 0.4) is 0 Å². The van der Waals surface area contributed by atoms with Gasteiger partial charge in [0.25, 0.3) is 0 Å². The van der Waals surface area contributed by atoms with E-state index in [2.05, 4.69) is 0 Å². The van der Waals surface area contributed by atoms with Crippen LogP contribution in [0.15, 0.2) is 30.3 Å². The van der Waals surface area contributed by atoms with Crippen molar-refractivity contribution in [1.29, 1.82) is 0 Å². The molecule has 1 N–H and O–H groups in total. The molecule has 1 aromatic carbocycles. The molecular weight excluding hydrogens is 266 g/mol. The maximum atomic E-state index is 12.4. The first-order chi connectivity index (χ1) is 9.50. The van der Waals surface area contributed by atoms with Crippen molar-refractivity contribution in [3.63, 3.8) is 0 Å². The van der Waals surface area contributed by atoms with Crippen LogP contribution < -0.4 is 0 Å². The second kappa shape index (κ2) is 6.48. The van der Waals surface area contributed by atoms with Gasteiger partial charge < -0.3 is 14.7 Å². The molecule has 0 aliphatic rings. The third-order valence-corrected chi connectivity index (χ3v) is 2.96. The van der Waals surface area contributed by atoms with Crippen molar-refractivity contribution < 1.29 is 14.6 Å². The predicted molar refractivity (Wildman–Crippen MR) is 84.1 cm³/mol. The van der Waals surface area contributed by atoms with Crippen molar-refractivity contribution in [2.24, 2.45) is 0 Å². The van der Waals surface area contributed by atoms with Crippen molar-refractivity contribution in [3.8, 4) is 0 Å². The number of carbonyl (C=O) groups excluding carboxylic acids is 1. The highest BCUT2D eigenvalue weighted by Crippen LogP contribution is 2.23. The van der Waals surface area contributed by atoms with E-state index in [0.717, 1.165) is 5.56 Å². The fourth-order valence-corrected chi connectivity index (χ4v) is 1.89. The van der Waals surface area contributed by atoms with Gasteiger partial charge in [-0.05, 0) is 47.1 Å². The molecule has 1 amide bonds. The summed E-state index contributed by atoms with van der Waals surface area (Å²) in [6.45, 7) is 11.5. The highest BCUT2D eigenvalue weighted by Gasteiger charge is 2.32. The second-order valence-corrected chi connectivity index (χ2v) is 7.19. The van der Waals surface area contributed by atoms with Crippen LogP contribution in [0.2, 0.25) is 0 Å². The molecule has 0 aromatic heterocycles. The van der Waals surface area contributed by atoms with Crippen molar-refractivity contribution in [2.45, 2.75) is 58.8 Å². The molecule has 118 valence electrons. The van der Waals surface area contributed by atoms with E-state index in [9.17, 15) is 9.90 Å². The van der Waals surface area contributed by atoms with Crippen LogP contribution in [0.4, 0.5) is 4.79 Å². The van der Waals surface area contributed by atoms with Crippen molar-refractivity contribution in [3.05, 3.63) is 35.9 Å². The summed E-state index contributed by atoms with van der Waals surface area (Å²) in [7, 11) is 0. The normalized spacial score (nSPS) is 13.7. The number of hydrogen-bond acceptors (Lipinski definition) is 3. The molecule has 0 bridgehead atoms. The number of aliphatic hydroxyl groups excluding tert-OH is 1. The van der Waals surface area contributed by atoms with Crippen molar-refractivity contribution in [2.75, 3.05) is 6.54 Å². The lowest BCUT2D eigenvalue weighted by Crippen LogP contribution is -2.49. The third-order valence-electron chi connectivity index (χ3n) is 2.96. The highest BCUT2D eigenvalue weighted by atomic mass is 16.6. The number of amides is 1. The van der Waals surface area contributed by atoms with Crippen molar-refractivity contribution >= 4 is 6.09 Å². The van der Waals surface area contributed by atoms with Gasteiger partial charge in [-0.1, -0.05) is 30.3 Å². The smallest absolute Gasteiger partial charge is 0.410 e. The van der Waals surface area contributed by atoms with E-state index in [1.54, 1.807) is 4.90 Å². The topological polar surface area (TPSA) is 49.8 Å². The minimum absolute atomic E-state index is 0.197. The van der Waals surface area contributed by atoms with Gasteiger partial charge in [-0.2, -0.15) is 0 Å². The van der Waals surface area contributed by atoms with Gasteiger partial charge in [0, 0.05) is 5.54 Å². The van der Waals surface area contributed by atoms with Crippen molar-refractivity contribution in [1.82, 2.24) is 4.90 Å². The van der Waals surface area contributed by atoms with Gasteiger partial charge in [-0.25, -0.2) is 4.79 Å². The third kappa shape index (κ3) is 5.76. The molecule has 4 nitrogen and oxygen atoms in total. The van der Waals surface area contributed by atoms with Crippen LogP contribution in [0.5, 0.6) is 0 Å². The summed E-state index contributed by atoms with van der Waals surface area (Å²) in [6, 6.07) is 9.33. The summed E-state index contributed by atoms with van der Waals surface area (Å²) < 4.78 is 5.44. The zero-order chi connectivity index (χ0) is 16.3. The first-order valence-electron chi connectivity index (χ1n) is 7.24. The largest absolute Gasteiger partial charge is 0.444 e. The average molecular weight is 293 g/mol. The lowest BCUT2D eigenvalue weighted by molar-refractivity contribution is -0.00781. The summed E-state index contributed by atoms with van der Waals surface area (Å²) in [5.74, 6) is 0. The SMILES string of the molecule is CC(C)(C)OC(=O)N(CC(O)c1ccccc1)C(C)(C)C. The molecule has 0 heterocycles. The standard InChI is InChI=1S/C17H27NO3/c1-16(2,3)18(15(20)21-17(4,5)6)12-14(19)13-10-8-7-9-11-13/h7-11,14,19H,12H2,1-6H3. The zero-order valence-electron chi connectivity index (χ0n) is 13.9. The molecule has 0 fully saturated rings. The van der Waals surface area contributed by atoms with E-state index in [1.807, 2.05) is 71.9 Å². The van der Waals surface area contributed by atoms with Crippen LogP contribution >= 0.6 is 0 Å². The summed E-state index contributed by atoms with van der Waals surface area (Å²) in [5, 5.41) is 10.4. The van der Waals surface area contributed by atoms with Gasteiger partial charge in [0.05, 0.1) is 12.6 Å². The van der Waals surface area contributed by atoms with Gasteiger partial charge in [0.1, 0.15) is 5.60 Å². The van der Waals surface area contributed by atoms with E-state index >= 15 is 0 Å². The van der Waals surface area contributed by atoms with Crippen LogP contribution in [0, 0.1) is 0 Å². The summed E-state index contributed by atoms with van der Waals surface area (Å²) in [4.78, 5) is 13.9. The highest BCUT2D eigenvalue weighted by molar-refractivity contribution is 5.69. The van der Waals surface area contributed by atoms with E-state index in [-0.39, 0.29) is 6.54 Å². The molecule has 1 unspecified atom stereocenters. The number of hydrogen-bond donors (Lipinski definition) is 1. The maximum absolute atomic E-state index is 12.4. The Morgan fingerprint density at radius 1 is 1.14 bits per heavy atom. The number of aliphatic hydroxyl groups is 1. The van der Waals surface area contributed by atoms with Gasteiger partial charge in [0.2, 0.25) is 0 Å². The molecule has 1 aromatic rings. The Hall–Kier alpha value is -1.55. The molecule has 0 aliphatic heterocycles. The summed E-state index contributed by atoms with van der Waals surface area (Å²) in [6.07, 6.45) is -1.15. The minimum Gasteiger partial charge on any atom is -0.444 e. The summed E-state index contributed by atoms with van der Waals surface area (Å²) >= 11 is 0. The Bertz CT molecular complexity index is 457. The first kappa shape index (κ1) is 17.5. The zero-order valence-corrected chi connectivity index (χ0v) is 13.9. The Kier molecular flexibility index (Phi) is 5.40. The van der Waals surface area contributed by atoms with Gasteiger partial charge in [0.15, 0.2) is 0 Å². The molecular formula is C17H27NO3. The molecule has 0 saturated carbocycles. The monoisotopic (exact) mass is 293 g/mol. The van der Waals surface area contributed by atoms with Crippen LogP contribution in [0.25, 0.3) is 0 Å². The van der Waals surface area contributed by atoms with E-state index in [1.165, 1.54) is 0 Å². The fraction of sp³-hybridized carbons (Fsp3) is 0.588. The Balaban J connectivity index is 2.87. The second-order valence-electron chi connectivity index (χ2n) is 7.19. The lowest BCUT2D eigenvalue weighted by Gasteiger charge is -2.38. The van der Waals surface area contributed by atoms with Crippen LogP contribution in [-0.2, 0) is 4.74 Å². The number of rotatable bonds is 3. The Labute approximate surface area is 127 Å². The Morgan fingerprint density at radius 2 is 1.67 bits per heavy atom. The molecule has 0 radical (unpaired) electrons. The molecule has 21 heavy (non-hydrogen) atoms. The molecule has 0 saturated heterocycles. The fourth-order valence-electron chi connectivity index (χ4n) is 1.89. The summed E-state index contributed by atoms with van der Waals surface area (Å²) in [5.41, 5.74) is -0.202. The van der Waals surface area contributed by atoms with Gasteiger partial charge in [-0.15, -0.1) is 0 Å². The number of β-amino-alcohol motifs (C(OH)–C–C–N with tert-alkyl or cyclic N) is 1. The van der Waals surface area contributed by atoms with Gasteiger partial charge in [-0.3, -0.25) is 0 Å². The number of carbonyl (C=O) groups is 1. The van der Waals surface area contributed by atoms with E-state index < -0.39 is 23.3 Å². The van der Waals surface area contributed by atoms with Crippen LogP contribution in [-0.4, -0.2) is 33.8 Å². The lowest BCUT2D eigenvalue weighted by atomic mass is 10.0. The number of nitrogens with zero attached hydrogens (tertiary/aromatic N) is 1. The quantitative estimate of drug-likeness (QED) is 0.923. The molecule has 1 rings (SSSR count). The predicted octanol–water partition coefficient (Wildman–Crippen LogP) is 3.76. The number of ether oxygens (including phenoxy) is 1. The Morgan fingerprint density at radius 3 is 2.10 bits per heavy atom. The molecule has 4 heteroatoms. The van der Waals surface area contributed by atoms with Gasteiger partial charge >= 0.3 is 6.09 Å². The van der Waals surface area contributed by atoms with E-state index in [0.29, 0.717) is 0 Å². The first-order valence-corrected chi connectivity index (χ1v) is 7.24. The minimum atomic E-state index is -0.738. The molecule has 0 spiro atoms. The molecule has 1 atom stereocenters. The average Bonchev–Trinajstić information content (AvgIpc) is 2.33.